The zero-order valence-electron chi connectivity index (χ0n) is 20.1. The van der Waals surface area contributed by atoms with Crippen molar-refractivity contribution in [1.82, 2.24) is 10.6 Å². The molecule has 0 aliphatic heterocycles. The van der Waals surface area contributed by atoms with E-state index in [1.54, 1.807) is 0 Å². The smallest absolute Gasteiger partial charge is 0.243 e. The summed E-state index contributed by atoms with van der Waals surface area (Å²) in [7, 11) is 0. The van der Waals surface area contributed by atoms with Crippen LogP contribution in [-0.4, -0.2) is 35.7 Å². The molecule has 0 saturated carbocycles. The van der Waals surface area contributed by atoms with Crippen LogP contribution in [0.1, 0.15) is 112 Å². The maximum atomic E-state index is 13.0. The van der Waals surface area contributed by atoms with E-state index in [1.165, 1.54) is 0 Å². The van der Waals surface area contributed by atoms with Crippen molar-refractivity contribution < 1.29 is 14.4 Å². The fraction of sp³-hybridized carbons (Fsp3) is 0.875. The molecule has 0 aromatic rings. The van der Waals surface area contributed by atoms with Crippen molar-refractivity contribution in [3.63, 3.8) is 0 Å². The van der Waals surface area contributed by atoms with Crippen molar-refractivity contribution in [1.29, 1.82) is 0 Å². The van der Waals surface area contributed by atoms with E-state index in [4.69, 9.17) is 5.73 Å². The third kappa shape index (κ3) is 12.3. The molecule has 0 aromatic heterocycles. The maximum Gasteiger partial charge on any atom is 0.243 e. The number of hydrogen-bond donors (Lipinski definition) is 3. The molecule has 0 radical (unpaired) electrons. The van der Waals surface area contributed by atoms with Gasteiger partial charge in [0, 0.05) is 5.92 Å². The molecule has 3 atom stereocenters. The van der Waals surface area contributed by atoms with E-state index < -0.39 is 18.1 Å². The molecule has 0 aliphatic rings. The van der Waals surface area contributed by atoms with E-state index in [9.17, 15) is 14.4 Å². The van der Waals surface area contributed by atoms with Crippen LogP contribution in [0.3, 0.4) is 0 Å². The molecule has 6 nitrogen and oxygen atoms in total. The Morgan fingerprint density at radius 2 is 1.10 bits per heavy atom. The molecule has 4 N–H and O–H groups in total. The Bertz CT molecular complexity index is 494. The molecule has 0 aromatic carbocycles. The van der Waals surface area contributed by atoms with Gasteiger partial charge in [-0.2, -0.15) is 0 Å². The van der Waals surface area contributed by atoms with Gasteiger partial charge in [-0.15, -0.1) is 0 Å². The van der Waals surface area contributed by atoms with Crippen LogP contribution in [0.15, 0.2) is 0 Å². The Labute approximate surface area is 184 Å². The van der Waals surface area contributed by atoms with Crippen molar-refractivity contribution in [3.8, 4) is 0 Å². The number of Topliss-reactive ketones (excluding diaryl/α,β-unsaturated/α-hetero) is 1. The first-order valence-corrected chi connectivity index (χ1v) is 12.2. The number of ketones is 1. The first kappa shape index (κ1) is 28.6. The summed E-state index contributed by atoms with van der Waals surface area (Å²) in [6.07, 6.45) is 10.7. The number of carbonyl (C=O) groups excluding carboxylic acids is 3. The Morgan fingerprint density at radius 1 is 0.667 bits per heavy atom. The summed E-state index contributed by atoms with van der Waals surface area (Å²) in [6.45, 7) is 10.0. The van der Waals surface area contributed by atoms with Crippen molar-refractivity contribution in [2.75, 3.05) is 0 Å². The van der Waals surface area contributed by atoms with Gasteiger partial charge in [0.25, 0.3) is 0 Å². The first-order chi connectivity index (χ1) is 14.3. The van der Waals surface area contributed by atoms with Gasteiger partial charge in [0.05, 0.1) is 12.1 Å². The minimum atomic E-state index is -0.644. The lowest BCUT2D eigenvalue weighted by atomic mass is 9.96. The van der Waals surface area contributed by atoms with E-state index in [-0.39, 0.29) is 23.5 Å². The average molecular weight is 426 g/mol. The second kappa shape index (κ2) is 17.3. The molecule has 0 rings (SSSR count). The van der Waals surface area contributed by atoms with E-state index in [1.807, 2.05) is 13.8 Å². The van der Waals surface area contributed by atoms with Gasteiger partial charge < -0.3 is 16.4 Å². The highest BCUT2D eigenvalue weighted by molar-refractivity contribution is 5.94. The normalized spacial score (nSPS) is 14.2. The summed E-state index contributed by atoms with van der Waals surface area (Å²) >= 11 is 0. The second-order valence-corrected chi connectivity index (χ2v) is 8.77. The summed E-state index contributed by atoms with van der Waals surface area (Å²) in [6, 6.07) is -1.74. The predicted octanol–water partition coefficient (Wildman–Crippen LogP) is 4.25. The van der Waals surface area contributed by atoms with Gasteiger partial charge in [0.15, 0.2) is 5.78 Å². The summed E-state index contributed by atoms with van der Waals surface area (Å²) in [5.74, 6) is -0.636. The molecule has 0 aliphatic carbocycles. The number of carbonyl (C=O) groups is 3. The molecule has 0 bridgehead atoms. The largest absolute Gasteiger partial charge is 0.345 e. The van der Waals surface area contributed by atoms with Crippen LogP contribution >= 0.6 is 0 Å². The summed E-state index contributed by atoms with van der Waals surface area (Å²) in [4.78, 5) is 38.2. The molecule has 3 unspecified atom stereocenters. The lowest BCUT2D eigenvalue weighted by Gasteiger charge is -2.25. The van der Waals surface area contributed by atoms with Crippen molar-refractivity contribution in [2.45, 2.75) is 130 Å². The minimum Gasteiger partial charge on any atom is -0.345 e. The molecule has 0 heterocycles. The number of unbranched alkanes of at least 4 members (excludes halogenated alkanes) is 6. The third-order valence-corrected chi connectivity index (χ3v) is 5.51. The fourth-order valence-corrected chi connectivity index (χ4v) is 3.45. The molecule has 2 amide bonds. The number of hydrogen-bond acceptors (Lipinski definition) is 4. The van der Waals surface area contributed by atoms with Crippen molar-refractivity contribution in [3.05, 3.63) is 0 Å². The van der Waals surface area contributed by atoms with Gasteiger partial charge in [-0.3, -0.25) is 14.4 Å². The monoisotopic (exact) mass is 425 g/mol. The molecule has 0 spiro atoms. The molecule has 176 valence electrons. The van der Waals surface area contributed by atoms with Crippen LogP contribution in [-0.2, 0) is 14.4 Å². The Hall–Kier alpha value is -1.43. The highest BCUT2D eigenvalue weighted by atomic mass is 16.2. The van der Waals surface area contributed by atoms with Gasteiger partial charge in [-0.25, -0.2) is 0 Å². The molecular formula is C24H47N3O3. The standard InChI is InChI=1S/C24H47N3O3/c1-6-9-12-15-19(25)23(29)27-21(17-14-11-8-3)24(30)26-20(16-13-10-7-2)22(28)18(4)5/h18-21H,6-17,25H2,1-5H3,(H,26,30)(H,27,29). The van der Waals surface area contributed by atoms with Gasteiger partial charge in [0.1, 0.15) is 6.04 Å². The third-order valence-electron chi connectivity index (χ3n) is 5.51. The highest BCUT2D eigenvalue weighted by Crippen LogP contribution is 2.11. The Kier molecular flexibility index (Phi) is 16.4. The first-order valence-electron chi connectivity index (χ1n) is 12.2. The van der Waals surface area contributed by atoms with Crippen molar-refractivity contribution >= 4 is 17.6 Å². The Balaban J connectivity index is 5.09. The quantitative estimate of drug-likeness (QED) is 0.286. The number of nitrogens with two attached hydrogens (primary N) is 1. The number of nitrogens with one attached hydrogen (secondary N) is 2. The lowest BCUT2D eigenvalue weighted by molar-refractivity contribution is -0.133. The Morgan fingerprint density at radius 3 is 1.57 bits per heavy atom. The summed E-state index contributed by atoms with van der Waals surface area (Å²) in [5, 5.41) is 5.79. The minimum absolute atomic E-state index is 0.0503. The molecule has 0 fully saturated rings. The topological polar surface area (TPSA) is 101 Å². The van der Waals surface area contributed by atoms with Crippen LogP contribution < -0.4 is 16.4 Å². The maximum absolute atomic E-state index is 13.0. The van der Waals surface area contributed by atoms with Gasteiger partial charge in [-0.1, -0.05) is 92.4 Å². The zero-order valence-corrected chi connectivity index (χ0v) is 20.1. The molecule has 30 heavy (non-hydrogen) atoms. The van der Waals surface area contributed by atoms with Crippen LogP contribution in [0.5, 0.6) is 0 Å². The van der Waals surface area contributed by atoms with Crippen molar-refractivity contribution in [2.24, 2.45) is 11.7 Å². The lowest BCUT2D eigenvalue weighted by Crippen LogP contribution is -2.54. The molecule has 0 saturated heterocycles. The predicted molar refractivity (Wildman–Crippen MR) is 124 cm³/mol. The summed E-state index contributed by atoms with van der Waals surface area (Å²) < 4.78 is 0. The zero-order chi connectivity index (χ0) is 22.9. The van der Waals surface area contributed by atoms with Gasteiger partial charge >= 0.3 is 0 Å². The van der Waals surface area contributed by atoms with Crippen LogP contribution in [0, 0.1) is 5.92 Å². The fourth-order valence-electron chi connectivity index (χ4n) is 3.45. The van der Waals surface area contributed by atoms with E-state index >= 15 is 0 Å². The number of rotatable bonds is 18. The van der Waals surface area contributed by atoms with Crippen LogP contribution in [0.25, 0.3) is 0 Å². The van der Waals surface area contributed by atoms with Crippen LogP contribution in [0.2, 0.25) is 0 Å². The van der Waals surface area contributed by atoms with Gasteiger partial charge in [0.2, 0.25) is 11.8 Å². The SMILES string of the molecule is CCCCCC(N)C(=O)NC(CCCCC)C(=O)NC(CCCCC)C(=O)C(C)C. The highest BCUT2D eigenvalue weighted by Gasteiger charge is 2.28. The second-order valence-electron chi connectivity index (χ2n) is 8.77. The average Bonchev–Trinajstić information content (AvgIpc) is 2.71. The van der Waals surface area contributed by atoms with E-state index in [0.29, 0.717) is 19.3 Å². The number of amides is 2. The molecule has 6 heteroatoms. The van der Waals surface area contributed by atoms with E-state index in [0.717, 1.165) is 57.8 Å². The molecular weight excluding hydrogens is 378 g/mol. The van der Waals surface area contributed by atoms with Gasteiger partial charge in [-0.05, 0) is 19.3 Å². The van der Waals surface area contributed by atoms with Crippen LogP contribution in [0.4, 0.5) is 0 Å². The van der Waals surface area contributed by atoms with E-state index in [2.05, 4.69) is 31.4 Å². The summed E-state index contributed by atoms with van der Waals surface area (Å²) in [5.41, 5.74) is 6.03.